The van der Waals surface area contributed by atoms with E-state index < -0.39 is 0 Å². The molecule has 0 aromatic heterocycles. The molecule has 150 valence electrons. The van der Waals surface area contributed by atoms with Gasteiger partial charge in [0, 0.05) is 32.7 Å². The van der Waals surface area contributed by atoms with Crippen LogP contribution in [0.1, 0.15) is 38.7 Å². The predicted octanol–water partition coefficient (Wildman–Crippen LogP) is 2.47. The Labute approximate surface area is 163 Å². The zero-order chi connectivity index (χ0) is 19.5. The van der Waals surface area contributed by atoms with E-state index in [2.05, 4.69) is 32.8 Å². The molecule has 2 rings (SSSR count). The van der Waals surface area contributed by atoms with Crippen molar-refractivity contribution in [3.8, 4) is 0 Å². The van der Waals surface area contributed by atoms with Gasteiger partial charge in [-0.05, 0) is 68.9 Å². The Morgan fingerprint density at radius 3 is 2.44 bits per heavy atom. The van der Waals surface area contributed by atoms with E-state index in [4.69, 9.17) is 0 Å². The van der Waals surface area contributed by atoms with Crippen LogP contribution in [0.15, 0.2) is 29.3 Å². The standard InChI is InChI=1S/C21H35N5O/c1-17-10-15-26(16-11-17)14-4-12-23-21(22-3)24-13-9-19-5-7-20(8-6-19)25-18(2)27/h5-8,17H,4,9-16H2,1-3H3,(H,25,27)(H2,22,23,24). The average molecular weight is 374 g/mol. The SMILES string of the molecule is CN=C(NCCCN1CCC(C)CC1)NCCc1ccc(NC(C)=O)cc1. The molecule has 27 heavy (non-hydrogen) atoms. The van der Waals surface area contributed by atoms with Crippen molar-refractivity contribution < 1.29 is 4.79 Å². The summed E-state index contributed by atoms with van der Waals surface area (Å²) in [5.41, 5.74) is 2.06. The Hall–Kier alpha value is -2.08. The molecule has 0 radical (unpaired) electrons. The summed E-state index contributed by atoms with van der Waals surface area (Å²) in [6, 6.07) is 7.96. The zero-order valence-electron chi connectivity index (χ0n) is 17.1. The number of carbonyl (C=O) groups excluding carboxylic acids is 1. The van der Waals surface area contributed by atoms with Gasteiger partial charge < -0.3 is 20.9 Å². The van der Waals surface area contributed by atoms with Crippen molar-refractivity contribution >= 4 is 17.6 Å². The summed E-state index contributed by atoms with van der Waals surface area (Å²) >= 11 is 0. The summed E-state index contributed by atoms with van der Waals surface area (Å²) in [4.78, 5) is 17.9. The van der Waals surface area contributed by atoms with Gasteiger partial charge in [0.1, 0.15) is 0 Å². The first-order valence-electron chi connectivity index (χ1n) is 10.1. The molecule has 1 amide bonds. The predicted molar refractivity (Wildman–Crippen MR) is 113 cm³/mol. The second-order valence-electron chi connectivity index (χ2n) is 7.43. The lowest BCUT2D eigenvalue weighted by Gasteiger charge is -2.30. The van der Waals surface area contributed by atoms with Gasteiger partial charge in [-0.15, -0.1) is 0 Å². The van der Waals surface area contributed by atoms with Crippen molar-refractivity contribution in [3.63, 3.8) is 0 Å². The van der Waals surface area contributed by atoms with Crippen LogP contribution >= 0.6 is 0 Å². The van der Waals surface area contributed by atoms with Crippen molar-refractivity contribution in [2.75, 3.05) is 45.1 Å². The van der Waals surface area contributed by atoms with Crippen molar-refractivity contribution in [2.24, 2.45) is 10.9 Å². The van der Waals surface area contributed by atoms with Gasteiger partial charge in [-0.25, -0.2) is 0 Å². The first-order chi connectivity index (χ1) is 13.1. The Kier molecular flexibility index (Phi) is 9.11. The fourth-order valence-corrected chi connectivity index (χ4v) is 3.30. The van der Waals surface area contributed by atoms with Gasteiger partial charge in [-0.1, -0.05) is 19.1 Å². The zero-order valence-corrected chi connectivity index (χ0v) is 17.1. The highest BCUT2D eigenvalue weighted by Gasteiger charge is 2.14. The maximum absolute atomic E-state index is 11.0. The van der Waals surface area contributed by atoms with Crippen LogP contribution < -0.4 is 16.0 Å². The molecular formula is C21H35N5O. The van der Waals surface area contributed by atoms with E-state index in [-0.39, 0.29) is 5.91 Å². The number of hydrogen-bond acceptors (Lipinski definition) is 3. The number of rotatable bonds is 8. The maximum Gasteiger partial charge on any atom is 0.221 e. The molecule has 0 atom stereocenters. The number of nitrogens with one attached hydrogen (secondary N) is 3. The molecule has 6 heteroatoms. The molecular weight excluding hydrogens is 338 g/mol. The normalized spacial score (nSPS) is 16.2. The van der Waals surface area contributed by atoms with Crippen LogP contribution in [0.2, 0.25) is 0 Å². The highest BCUT2D eigenvalue weighted by molar-refractivity contribution is 5.88. The van der Waals surface area contributed by atoms with E-state index in [1.807, 2.05) is 31.3 Å². The first-order valence-corrected chi connectivity index (χ1v) is 10.1. The number of piperidine rings is 1. The molecule has 1 fully saturated rings. The topological polar surface area (TPSA) is 68.8 Å². The van der Waals surface area contributed by atoms with E-state index in [9.17, 15) is 4.79 Å². The van der Waals surface area contributed by atoms with E-state index in [1.165, 1.54) is 38.4 Å². The summed E-state index contributed by atoms with van der Waals surface area (Å²) in [5, 5.41) is 9.55. The Balaban J connectivity index is 1.59. The van der Waals surface area contributed by atoms with E-state index in [1.54, 1.807) is 0 Å². The van der Waals surface area contributed by atoms with Gasteiger partial charge in [0.05, 0.1) is 0 Å². The van der Waals surface area contributed by atoms with Crippen molar-refractivity contribution in [2.45, 2.75) is 39.5 Å². The highest BCUT2D eigenvalue weighted by Crippen LogP contribution is 2.15. The summed E-state index contributed by atoms with van der Waals surface area (Å²) in [7, 11) is 1.81. The number of hydrogen-bond donors (Lipinski definition) is 3. The number of anilines is 1. The molecule has 1 aromatic carbocycles. The van der Waals surface area contributed by atoms with Crippen LogP contribution in [0.3, 0.4) is 0 Å². The monoisotopic (exact) mass is 373 g/mol. The Morgan fingerprint density at radius 1 is 1.15 bits per heavy atom. The van der Waals surface area contributed by atoms with Crippen molar-refractivity contribution in [3.05, 3.63) is 29.8 Å². The molecule has 1 aliphatic rings. The minimum Gasteiger partial charge on any atom is -0.356 e. The minimum atomic E-state index is -0.0471. The molecule has 6 nitrogen and oxygen atoms in total. The second-order valence-corrected chi connectivity index (χ2v) is 7.43. The van der Waals surface area contributed by atoms with Crippen LogP contribution in [0.4, 0.5) is 5.69 Å². The van der Waals surface area contributed by atoms with Crippen molar-refractivity contribution in [1.82, 2.24) is 15.5 Å². The minimum absolute atomic E-state index is 0.0471. The van der Waals surface area contributed by atoms with Crippen molar-refractivity contribution in [1.29, 1.82) is 0 Å². The van der Waals surface area contributed by atoms with Gasteiger partial charge in [0.2, 0.25) is 5.91 Å². The molecule has 1 heterocycles. The quantitative estimate of drug-likeness (QED) is 0.372. The average Bonchev–Trinajstić information content (AvgIpc) is 2.66. The molecule has 0 aliphatic carbocycles. The number of nitrogens with zero attached hydrogens (tertiary/aromatic N) is 2. The maximum atomic E-state index is 11.0. The number of benzene rings is 1. The van der Waals surface area contributed by atoms with E-state index in [0.29, 0.717) is 0 Å². The van der Waals surface area contributed by atoms with Crippen LogP contribution in [0, 0.1) is 5.92 Å². The Bertz CT molecular complexity index is 591. The van der Waals surface area contributed by atoms with Crippen LogP contribution in [0.25, 0.3) is 0 Å². The number of likely N-dealkylation sites (tertiary alicyclic amines) is 1. The molecule has 1 aliphatic heterocycles. The smallest absolute Gasteiger partial charge is 0.221 e. The molecule has 0 spiro atoms. The van der Waals surface area contributed by atoms with Gasteiger partial charge in [0.15, 0.2) is 5.96 Å². The lowest BCUT2D eigenvalue weighted by Crippen LogP contribution is -2.40. The second kappa shape index (κ2) is 11.6. The molecule has 0 bridgehead atoms. The lowest BCUT2D eigenvalue weighted by atomic mass is 9.99. The van der Waals surface area contributed by atoms with Gasteiger partial charge >= 0.3 is 0 Å². The van der Waals surface area contributed by atoms with Gasteiger partial charge in [-0.2, -0.15) is 0 Å². The molecule has 1 aromatic rings. The molecule has 3 N–H and O–H groups in total. The largest absolute Gasteiger partial charge is 0.356 e. The van der Waals surface area contributed by atoms with Gasteiger partial charge in [-0.3, -0.25) is 9.79 Å². The third kappa shape index (κ3) is 8.43. The van der Waals surface area contributed by atoms with Crippen LogP contribution in [-0.2, 0) is 11.2 Å². The number of guanidine groups is 1. The Morgan fingerprint density at radius 2 is 1.81 bits per heavy atom. The number of carbonyl (C=O) groups is 1. The van der Waals surface area contributed by atoms with Crippen LogP contribution in [-0.4, -0.2) is 56.5 Å². The highest BCUT2D eigenvalue weighted by atomic mass is 16.1. The fraction of sp³-hybridized carbons (Fsp3) is 0.619. The number of aliphatic imine (C=N–C) groups is 1. The molecule has 0 unspecified atom stereocenters. The summed E-state index contributed by atoms with van der Waals surface area (Å²) in [6.07, 6.45) is 4.72. The summed E-state index contributed by atoms with van der Waals surface area (Å²) in [5.74, 6) is 1.70. The summed E-state index contributed by atoms with van der Waals surface area (Å²) < 4.78 is 0. The molecule has 1 saturated heterocycles. The summed E-state index contributed by atoms with van der Waals surface area (Å²) in [6.45, 7) is 9.29. The molecule has 0 saturated carbocycles. The lowest BCUT2D eigenvalue weighted by molar-refractivity contribution is -0.114. The fourth-order valence-electron chi connectivity index (χ4n) is 3.30. The third-order valence-corrected chi connectivity index (χ3v) is 5.02. The first kappa shape index (κ1) is 21.2. The number of amides is 1. The van der Waals surface area contributed by atoms with E-state index >= 15 is 0 Å². The third-order valence-electron chi connectivity index (χ3n) is 5.02. The van der Waals surface area contributed by atoms with E-state index in [0.717, 1.165) is 50.0 Å². The van der Waals surface area contributed by atoms with Crippen LogP contribution in [0.5, 0.6) is 0 Å². The van der Waals surface area contributed by atoms with Gasteiger partial charge in [0.25, 0.3) is 0 Å².